The molecule has 0 bridgehead atoms. The zero-order valence-corrected chi connectivity index (χ0v) is 22.8. The molecule has 1 atom stereocenters. The molecule has 8 nitrogen and oxygen atoms in total. The van der Waals surface area contributed by atoms with Crippen molar-refractivity contribution in [3.63, 3.8) is 0 Å². The Hall–Kier alpha value is -3.96. The number of amides is 2. The number of ether oxygens (including phenoxy) is 2. The number of nitrogens with zero attached hydrogens (tertiary/aromatic N) is 2. The van der Waals surface area contributed by atoms with E-state index < -0.39 is 16.8 Å². The van der Waals surface area contributed by atoms with Gasteiger partial charge in [0.15, 0.2) is 5.17 Å². The highest BCUT2D eigenvalue weighted by Gasteiger charge is 2.39. The van der Waals surface area contributed by atoms with Crippen LogP contribution < -0.4 is 10.1 Å². The van der Waals surface area contributed by atoms with Gasteiger partial charge in [-0.15, -0.1) is 8.78 Å². The van der Waals surface area contributed by atoms with Crippen LogP contribution in [0.1, 0.15) is 29.3 Å². The van der Waals surface area contributed by atoms with Gasteiger partial charge >= 0.3 is 11.5 Å². The molecule has 4 rings (SSSR count). The smallest absolute Gasteiger partial charge is 0.462 e. The van der Waals surface area contributed by atoms with E-state index in [9.17, 15) is 23.2 Å². The molecule has 3 aromatic rings. The predicted octanol–water partition coefficient (Wildman–Crippen LogP) is 6.19. The normalized spacial score (nSPS) is 16.2. The number of aliphatic imine (C=N–C) groups is 1. The molecule has 0 aromatic heterocycles. The van der Waals surface area contributed by atoms with E-state index in [1.807, 2.05) is 30.3 Å². The van der Waals surface area contributed by atoms with Crippen LogP contribution in [0.3, 0.4) is 0 Å². The van der Waals surface area contributed by atoms with E-state index in [1.54, 1.807) is 31.2 Å². The lowest BCUT2D eigenvalue weighted by Crippen LogP contribution is -2.33. The molecule has 1 fully saturated rings. The van der Waals surface area contributed by atoms with Gasteiger partial charge in [-0.1, -0.05) is 42.1 Å². The lowest BCUT2D eigenvalue weighted by atomic mass is 10.2. The van der Waals surface area contributed by atoms with Crippen molar-refractivity contribution in [1.82, 2.24) is 4.90 Å². The third-order valence-electron chi connectivity index (χ3n) is 5.55. The largest absolute Gasteiger partial charge is 0.487 e. The molecule has 0 radical (unpaired) electrons. The molecule has 1 aliphatic rings. The number of nitrogens with one attached hydrogen (secondary N) is 1. The third kappa shape index (κ3) is 8.03. The third-order valence-corrected chi connectivity index (χ3v) is 6.80. The summed E-state index contributed by atoms with van der Waals surface area (Å²) in [6, 6.07) is 21.0. The van der Waals surface area contributed by atoms with Crippen LogP contribution in [0, 0.1) is 0 Å². The van der Waals surface area contributed by atoms with Crippen LogP contribution in [0.5, 0.6) is 5.75 Å². The predicted molar refractivity (Wildman–Crippen MR) is 149 cm³/mol. The zero-order valence-electron chi connectivity index (χ0n) is 21.2. The summed E-state index contributed by atoms with van der Waals surface area (Å²) in [6.45, 7) is 2.20. The molecule has 40 heavy (non-hydrogen) atoms. The Bertz CT molecular complexity index is 1380. The van der Waals surface area contributed by atoms with Gasteiger partial charge in [0.2, 0.25) is 11.8 Å². The van der Waals surface area contributed by atoms with E-state index >= 15 is 0 Å². The molecular weight excluding hydrogens is 564 g/mol. The quantitative estimate of drug-likeness (QED) is 0.224. The summed E-state index contributed by atoms with van der Waals surface area (Å²) in [5.41, 5.74) is -1.76. The van der Waals surface area contributed by atoms with Crippen LogP contribution >= 0.6 is 23.4 Å². The van der Waals surface area contributed by atoms with Gasteiger partial charge in [0.1, 0.15) is 11.0 Å². The molecule has 1 heterocycles. The van der Waals surface area contributed by atoms with Crippen molar-refractivity contribution in [1.29, 1.82) is 0 Å². The monoisotopic (exact) mass is 587 g/mol. The van der Waals surface area contributed by atoms with E-state index in [-0.39, 0.29) is 37.1 Å². The summed E-state index contributed by atoms with van der Waals surface area (Å²) in [7, 11) is 0. The summed E-state index contributed by atoms with van der Waals surface area (Å²) >= 11 is 5.95. The van der Waals surface area contributed by atoms with Gasteiger partial charge in [0.25, 0.3) is 0 Å². The number of thioether (sulfide) groups is 1. The van der Waals surface area contributed by atoms with E-state index in [0.29, 0.717) is 22.1 Å². The standard InChI is InChI=1S/C28H24ClF2N3O5S/c1-2-38-26(37)19-8-10-20(11-9-19)32-24(35)16-23-25(36)34(17-18-6-4-3-5-7-18)27(40-23)33-21-12-14-22(15-13-21)39-28(29,30)31/h3-15,23H,2,16-17H2,1H3,(H,32,35)/t23-/m1/s1. The highest BCUT2D eigenvalue weighted by Crippen LogP contribution is 2.34. The van der Waals surface area contributed by atoms with Gasteiger partial charge < -0.3 is 14.8 Å². The van der Waals surface area contributed by atoms with Gasteiger partial charge in [-0.3, -0.25) is 14.5 Å². The van der Waals surface area contributed by atoms with Gasteiger partial charge in [0.05, 0.1) is 24.4 Å². The second-order valence-electron chi connectivity index (χ2n) is 8.50. The van der Waals surface area contributed by atoms with Crippen molar-refractivity contribution in [3.05, 3.63) is 90.0 Å². The maximum absolute atomic E-state index is 13.4. The second-order valence-corrected chi connectivity index (χ2v) is 10.1. The Balaban J connectivity index is 1.48. The van der Waals surface area contributed by atoms with E-state index in [0.717, 1.165) is 17.3 Å². The van der Waals surface area contributed by atoms with Crippen LogP contribution in [0.15, 0.2) is 83.9 Å². The molecule has 1 saturated heterocycles. The molecule has 3 aromatic carbocycles. The Morgan fingerprint density at radius 2 is 1.73 bits per heavy atom. The van der Waals surface area contributed by atoms with Gasteiger partial charge in [0, 0.05) is 23.7 Å². The fourth-order valence-electron chi connectivity index (χ4n) is 3.75. The number of hydrogen-bond donors (Lipinski definition) is 1. The van der Waals surface area contributed by atoms with E-state index in [4.69, 9.17) is 16.3 Å². The first-order chi connectivity index (χ1) is 19.1. The topological polar surface area (TPSA) is 97.3 Å². The molecule has 208 valence electrons. The maximum atomic E-state index is 13.4. The first-order valence-electron chi connectivity index (χ1n) is 12.1. The van der Waals surface area contributed by atoms with Crippen molar-refractivity contribution < 1.29 is 32.6 Å². The Morgan fingerprint density at radius 3 is 2.35 bits per heavy atom. The lowest BCUT2D eigenvalue weighted by molar-refractivity contribution is -0.128. The number of alkyl halides is 3. The summed E-state index contributed by atoms with van der Waals surface area (Å²) in [4.78, 5) is 44.0. The Morgan fingerprint density at radius 1 is 1.05 bits per heavy atom. The summed E-state index contributed by atoms with van der Waals surface area (Å²) in [5, 5.41) is 2.37. The summed E-state index contributed by atoms with van der Waals surface area (Å²) in [6.07, 6.45) is -0.120. The number of esters is 1. The number of benzene rings is 3. The van der Waals surface area contributed by atoms with Crippen LogP contribution in [0.4, 0.5) is 20.2 Å². The molecule has 2 amide bonds. The van der Waals surface area contributed by atoms with Crippen LogP contribution in [-0.4, -0.2) is 45.3 Å². The molecule has 1 aliphatic heterocycles. The maximum Gasteiger partial charge on any atom is 0.487 e. The fraction of sp³-hybridized carbons (Fsp3) is 0.214. The highest BCUT2D eigenvalue weighted by atomic mass is 35.5. The molecular formula is C28H24ClF2N3O5S. The molecule has 0 saturated carbocycles. The lowest BCUT2D eigenvalue weighted by Gasteiger charge is -2.17. The van der Waals surface area contributed by atoms with Crippen molar-refractivity contribution in [2.75, 3.05) is 11.9 Å². The second kappa shape index (κ2) is 12.9. The number of carbonyl (C=O) groups excluding carboxylic acids is 3. The molecule has 1 N–H and O–H groups in total. The summed E-state index contributed by atoms with van der Waals surface area (Å²) in [5.74, 6) is -1.29. The van der Waals surface area contributed by atoms with Crippen molar-refractivity contribution >= 4 is 57.7 Å². The number of carbonyl (C=O) groups is 3. The minimum atomic E-state index is -3.84. The van der Waals surface area contributed by atoms with Crippen LogP contribution in [0.2, 0.25) is 0 Å². The average Bonchev–Trinajstić information content (AvgIpc) is 3.18. The Labute approximate surface area is 238 Å². The number of anilines is 1. The number of amidine groups is 1. The fourth-order valence-corrected chi connectivity index (χ4v) is 5.00. The molecule has 0 unspecified atom stereocenters. The number of hydrogen-bond acceptors (Lipinski definition) is 7. The first kappa shape index (κ1) is 29.0. The van der Waals surface area contributed by atoms with Crippen molar-refractivity contribution in [3.8, 4) is 5.75 Å². The number of rotatable bonds is 10. The molecule has 0 aliphatic carbocycles. The molecule has 12 heteroatoms. The van der Waals surface area contributed by atoms with Gasteiger partial charge in [-0.2, -0.15) is 0 Å². The van der Waals surface area contributed by atoms with Gasteiger partial charge in [-0.25, -0.2) is 9.79 Å². The highest BCUT2D eigenvalue weighted by molar-refractivity contribution is 8.15. The minimum absolute atomic E-state index is 0.120. The van der Waals surface area contributed by atoms with Crippen molar-refractivity contribution in [2.24, 2.45) is 4.99 Å². The first-order valence-corrected chi connectivity index (χ1v) is 13.4. The van der Waals surface area contributed by atoms with E-state index in [1.165, 1.54) is 29.2 Å². The van der Waals surface area contributed by atoms with Crippen LogP contribution in [0.25, 0.3) is 0 Å². The molecule has 0 spiro atoms. The van der Waals surface area contributed by atoms with Crippen LogP contribution in [-0.2, 0) is 20.9 Å². The average molecular weight is 588 g/mol. The van der Waals surface area contributed by atoms with Gasteiger partial charge in [-0.05, 0) is 61.0 Å². The van der Waals surface area contributed by atoms with E-state index in [2.05, 4.69) is 15.0 Å². The zero-order chi connectivity index (χ0) is 28.7. The SMILES string of the molecule is CCOC(=O)c1ccc(NC(=O)C[C@H]2SC(=Nc3ccc(OC(F)(F)Cl)cc3)N(Cc3ccccc3)C2=O)cc1. The summed E-state index contributed by atoms with van der Waals surface area (Å²) < 4.78 is 35.1. The Kier molecular flexibility index (Phi) is 9.38. The number of halogens is 3. The van der Waals surface area contributed by atoms with Crippen molar-refractivity contribution in [2.45, 2.75) is 30.7 Å². The minimum Gasteiger partial charge on any atom is -0.462 e.